The number of aromatic hydroxyl groups is 1. The molecule has 1 aliphatic rings. The van der Waals surface area contributed by atoms with Crippen LogP contribution in [-0.2, 0) is 4.79 Å². The van der Waals surface area contributed by atoms with E-state index in [1.807, 2.05) is 12.1 Å². The summed E-state index contributed by atoms with van der Waals surface area (Å²) in [6.45, 7) is 0. The summed E-state index contributed by atoms with van der Waals surface area (Å²) in [4.78, 5) is 25.2. The molecule has 0 aliphatic carbocycles. The van der Waals surface area contributed by atoms with E-state index in [4.69, 9.17) is 17.0 Å². The third-order valence-corrected chi connectivity index (χ3v) is 4.85. The molecule has 2 aromatic rings. The van der Waals surface area contributed by atoms with Gasteiger partial charge in [0.2, 0.25) is 0 Å². The van der Waals surface area contributed by atoms with Crippen molar-refractivity contribution in [3.8, 4) is 11.5 Å². The van der Waals surface area contributed by atoms with Crippen LogP contribution in [0, 0.1) is 0 Å². The molecular formula is C18H14N2O4S2. The lowest BCUT2D eigenvalue weighted by Crippen LogP contribution is -2.44. The predicted octanol–water partition coefficient (Wildman–Crippen LogP) is 2.95. The first-order valence-corrected chi connectivity index (χ1v) is 8.73. The molecule has 0 radical (unpaired) electrons. The number of nitrogens with one attached hydrogen (secondary N) is 1. The normalized spacial score (nSPS) is 15.4. The molecule has 1 saturated heterocycles. The first-order valence-electron chi connectivity index (χ1n) is 7.50. The van der Waals surface area contributed by atoms with Crippen LogP contribution in [0.2, 0.25) is 0 Å². The van der Waals surface area contributed by atoms with Crippen LogP contribution in [-0.4, -0.2) is 33.4 Å². The predicted molar refractivity (Wildman–Crippen MR) is 104 cm³/mol. The topological polar surface area (TPSA) is 78.9 Å². The maximum absolute atomic E-state index is 12.6. The maximum Gasteiger partial charge on any atom is 0.285 e. The number of carbonyl (C=O) groups excluding carboxylic acids is 2. The zero-order valence-corrected chi connectivity index (χ0v) is 15.3. The number of hydrazine groups is 1. The number of phenols is 1. The molecule has 2 amide bonds. The van der Waals surface area contributed by atoms with Gasteiger partial charge in [0, 0.05) is 0 Å². The van der Waals surface area contributed by atoms with Crippen molar-refractivity contribution in [1.29, 1.82) is 0 Å². The van der Waals surface area contributed by atoms with Crippen molar-refractivity contribution in [3.63, 3.8) is 0 Å². The Balaban J connectivity index is 1.79. The Morgan fingerprint density at radius 1 is 1.27 bits per heavy atom. The van der Waals surface area contributed by atoms with Crippen LogP contribution in [0.25, 0.3) is 6.08 Å². The van der Waals surface area contributed by atoms with Gasteiger partial charge in [-0.3, -0.25) is 15.0 Å². The van der Waals surface area contributed by atoms with E-state index in [0.717, 1.165) is 22.3 Å². The second-order valence-corrected chi connectivity index (χ2v) is 6.93. The number of para-hydroxylation sites is 1. The van der Waals surface area contributed by atoms with Gasteiger partial charge < -0.3 is 9.84 Å². The molecule has 1 fully saturated rings. The molecule has 132 valence electrons. The van der Waals surface area contributed by atoms with E-state index >= 15 is 0 Å². The van der Waals surface area contributed by atoms with E-state index in [1.54, 1.807) is 37.5 Å². The minimum atomic E-state index is -0.623. The number of ether oxygens (including phenoxy) is 1. The summed E-state index contributed by atoms with van der Waals surface area (Å²) in [5.41, 5.74) is 3.26. The van der Waals surface area contributed by atoms with Crippen LogP contribution in [0.15, 0.2) is 53.4 Å². The zero-order chi connectivity index (χ0) is 18.7. The van der Waals surface area contributed by atoms with E-state index in [1.165, 1.54) is 12.1 Å². The molecule has 3 rings (SSSR count). The number of nitrogens with zero attached hydrogens (tertiary/aromatic N) is 1. The van der Waals surface area contributed by atoms with Crippen molar-refractivity contribution < 1.29 is 19.4 Å². The fraction of sp³-hybridized carbons (Fsp3) is 0.0556. The molecular weight excluding hydrogens is 372 g/mol. The van der Waals surface area contributed by atoms with Crippen LogP contribution < -0.4 is 10.2 Å². The molecule has 1 aliphatic heterocycles. The minimum Gasteiger partial charge on any atom is -0.507 e. The van der Waals surface area contributed by atoms with Crippen molar-refractivity contribution >= 4 is 46.2 Å². The third-order valence-electron chi connectivity index (χ3n) is 3.55. The summed E-state index contributed by atoms with van der Waals surface area (Å²) in [6, 6.07) is 13.3. The number of amides is 2. The smallest absolute Gasteiger partial charge is 0.285 e. The summed E-state index contributed by atoms with van der Waals surface area (Å²) in [7, 11) is 1.56. The third kappa shape index (κ3) is 3.71. The SMILES string of the molecule is COc1cccc(/C=C2\SC(=S)N(NC(=O)c3ccccc3O)C2=O)c1. The number of methoxy groups -OCH3 is 1. The standard InChI is InChI=1S/C18H14N2O4S2/c1-24-12-6-4-5-11(9-12)10-15-17(23)20(18(25)26-15)19-16(22)13-7-2-3-8-14(13)21/h2-10,21H,1H3,(H,19,22)/b15-10-. The number of carbonyl (C=O) groups is 2. The van der Waals surface area contributed by atoms with Gasteiger partial charge in [-0.15, -0.1) is 0 Å². The Hall–Kier alpha value is -2.84. The van der Waals surface area contributed by atoms with Gasteiger partial charge in [-0.1, -0.05) is 36.0 Å². The Kier molecular flexibility index (Phi) is 5.24. The number of hydrogen-bond acceptors (Lipinski definition) is 6. The molecule has 0 bridgehead atoms. The lowest BCUT2D eigenvalue weighted by molar-refractivity contribution is -0.123. The van der Waals surface area contributed by atoms with Gasteiger partial charge >= 0.3 is 0 Å². The van der Waals surface area contributed by atoms with Crippen LogP contribution in [0.1, 0.15) is 15.9 Å². The number of thiocarbonyl (C=S) groups is 1. The molecule has 0 aromatic heterocycles. The van der Waals surface area contributed by atoms with Crippen LogP contribution in [0.4, 0.5) is 0 Å². The first kappa shape index (κ1) is 18.0. The Morgan fingerprint density at radius 3 is 2.77 bits per heavy atom. The summed E-state index contributed by atoms with van der Waals surface area (Å²) < 4.78 is 5.37. The van der Waals surface area contributed by atoms with Crippen molar-refractivity contribution in [2.45, 2.75) is 0 Å². The van der Waals surface area contributed by atoms with Crippen molar-refractivity contribution in [2.75, 3.05) is 7.11 Å². The maximum atomic E-state index is 12.6. The van der Waals surface area contributed by atoms with Gasteiger partial charge in [0.25, 0.3) is 11.8 Å². The molecule has 0 atom stereocenters. The van der Waals surface area contributed by atoms with Gasteiger partial charge in [0.15, 0.2) is 4.32 Å². The molecule has 1 heterocycles. The second kappa shape index (κ2) is 7.59. The van der Waals surface area contributed by atoms with E-state index in [0.29, 0.717) is 10.7 Å². The highest BCUT2D eigenvalue weighted by Gasteiger charge is 2.34. The summed E-state index contributed by atoms with van der Waals surface area (Å²) in [5.74, 6) is -0.571. The largest absolute Gasteiger partial charge is 0.507 e. The molecule has 2 N–H and O–H groups in total. The molecule has 0 unspecified atom stereocenters. The van der Waals surface area contributed by atoms with E-state index in [9.17, 15) is 14.7 Å². The molecule has 8 heteroatoms. The van der Waals surface area contributed by atoms with Crippen LogP contribution in [0.5, 0.6) is 11.5 Å². The molecule has 26 heavy (non-hydrogen) atoms. The average Bonchev–Trinajstić information content (AvgIpc) is 2.89. The van der Waals surface area contributed by atoms with E-state index in [-0.39, 0.29) is 15.6 Å². The van der Waals surface area contributed by atoms with Gasteiger partial charge in [-0.25, -0.2) is 0 Å². The lowest BCUT2D eigenvalue weighted by atomic mass is 10.2. The number of thioether (sulfide) groups is 1. The van der Waals surface area contributed by atoms with Gasteiger partial charge in [0.05, 0.1) is 17.6 Å². The quantitative estimate of drug-likeness (QED) is 0.621. The fourth-order valence-corrected chi connectivity index (χ4v) is 3.45. The molecule has 0 saturated carbocycles. The second-order valence-electron chi connectivity index (χ2n) is 5.25. The number of benzene rings is 2. The van der Waals surface area contributed by atoms with Crippen LogP contribution >= 0.6 is 24.0 Å². The highest BCUT2D eigenvalue weighted by Crippen LogP contribution is 2.32. The van der Waals surface area contributed by atoms with Crippen molar-refractivity contribution in [2.24, 2.45) is 0 Å². The monoisotopic (exact) mass is 386 g/mol. The molecule has 2 aromatic carbocycles. The lowest BCUT2D eigenvalue weighted by Gasteiger charge is -2.16. The zero-order valence-electron chi connectivity index (χ0n) is 13.6. The van der Waals surface area contributed by atoms with Crippen molar-refractivity contribution in [1.82, 2.24) is 10.4 Å². The Morgan fingerprint density at radius 2 is 2.04 bits per heavy atom. The van der Waals surface area contributed by atoms with E-state index < -0.39 is 11.8 Å². The highest BCUT2D eigenvalue weighted by atomic mass is 32.2. The first-order chi connectivity index (χ1) is 12.5. The van der Waals surface area contributed by atoms with Gasteiger partial charge in [-0.05, 0) is 48.1 Å². The fourth-order valence-electron chi connectivity index (χ4n) is 2.27. The minimum absolute atomic E-state index is 0.0540. The average molecular weight is 386 g/mol. The Labute approximate surface area is 159 Å². The van der Waals surface area contributed by atoms with Crippen molar-refractivity contribution in [3.05, 3.63) is 64.6 Å². The van der Waals surface area contributed by atoms with Gasteiger partial charge in [0.1, 0.15) is 11.5 Å². The number of phenolic OH excluding ortho intramolecular Hbond substituents is 1. The summed E-state index contributed by atoms with van der Waals surface area (Å²) in [6.07, 6.45) is 1.67. The van der Waals surface area contributed by atoms with Gasteiger partial charge in [-0.2, -0.15) is 5.01 Å². The Bertz CT molecular complexity index is 927. The molecule has 6 nitrogen and oxygen atoms in total. The van der Waals surface area contributed by atoms with Crippen LogP contribution in [0.3, 0.4) is 0 Å². The summed E-state index contributed by atoms with van der Waals surface area (Å²) >= 11 is 6.27. The highest BCUT2D eigenvalue weighted by molar-refractivity contribution is 8.26. The summed E-state index contributed by atoms with van der Waals surface area (Å²) in [5, 5.41) is 10.8. The molecule has 0 spiro atoms. The van der Waals surface area contributed by atoms with E-state index in [2.05, 4.69) is 5.43 Å². The number of rotatable bonds is 4. The number of hydrogen-bond donors (Lipinski definition) is 2.